The Morgan fingerprint density at radius 3 is 2.73 bits per heavy atom. The lowest BCUT2D eigenvalue weighted by molar-refractivity contribution is -0.139. The van der Waals surface area contributed by atoms with Crippen LogP contribution in [0, 0.1) is 0 Å². The number of fused-ring (bicyclic) bond motifs is 2. The Labute approximate surface area is 149 Å². The minimum absolute atomic E-state index is 0.0554. The summed E-state index contributed by atoms with van der Waals surface area (Å²) in [7, 11) is -4.83. The molecule has 3 fully saturated rings. The molecule has 146 valence electrons. The number of nitrogens with zero attached hydrogens (tertiary/aromatic N) is 3. The highest BCUT2D eigenvalue weighted by atomic mass is 32.3. The van der Waals surface area contributed by atoms with Crippen LogP contribution in [0.5, 0.6) is 0 Å². The van der Waals surface area contributed by atoms with Crippen LogP contribution in [0.1, 0.15) is 25.7 Å². The van der Waals surface area contributed by atoms with Crippen molar-refractivity contribution in [3.63, 3.8) is 0 Å². The number of urea groups is 1. The van der Waals surface area contributed by atoms with Gasteiger partial charge in [-0.25, -0.2) is 10.3 Å². The van der Waals surface area contributed by atoms with E-state index in [2.05, 4.69) is 9.76 Å². The van der Waals surface area contributed by atoms with Gasteiger partial charge in [-0.05, 0) is 19.3 Å². The second-order valence-electron chi connectivity index (χ2n) is 6.31. The topological polar surface area (TPSA) is 146 Å². The van der Waals surface area contributed by atoms with Crippen LogP contribution in [0.3, 0.4) is 0 Å². The molecule has 2 atom stereocenters. The molecule has 3 saturated heterocycles. The van der Waals surface area contributed by atoms with Gasteiger partial charge in [0, 0.05) is 26.1 Å². The van der Waals surface area contributed by atoms with E-state index in [9.17, 15) is 22.8 Å². The first kappa shape index (κ1) is 18.8. The van der Waals surface area contributed by atoms with Crippen molar-refractivity contribution in [3.8, 4) is 0 Å². The number of rotatable bonds is 7. The number of likely N-dealkylation sites (tertiary alicyclic amines) is 1. The van der Waals surface area contributed by atoms with Crippen molar-refractivity contribution in [2.24, 2.45) is 0 Å². The van der Waals surface area contributed by atoms with Gasteiger partial charge < -0.3 is 9.80 Å². The minimum atomic E-state index is -4.83. The number of piperidine rings is 1. The van der Waals surface area contributed by atoms with Gasteiger partial charge in [-0.3, -0.25) is 19.0 Å². The Morgan fingerprint density at radius 1 is 1.31 bits per heavy atom. The van der Waals surface area contributed by atoms with Gasteiger partial charge in [0.15, 0.2) is 0 Å². The van der Waals surface area contributed by atoms with Crippen LogP contribution in [0.25, 0.3) is 0 Å². The van der Waals surface area contributed by atoms with E-state index in [-0.39, 0.29) is 19.1 Å². The lowest BCUT2D eigenvalue weighted by Gasteiger charge is -2.29. The maximum atomic E-state index is 12.2. The van der Waals surface area contributed by atoms with Gasteiger partial charge >= 0.3 is 16.4 Å². The van der Waals surface area contributed by atoms with E-state index in [1.165, 1.54) is 4.90 Å². The molecule has 4 amide bonds. The van der Waals surface area contributed by atoms with E-state index in [4.69, 9.17) is 9.39 Å². The van der Waals surface area contributed by atoms with Crippen molar-refractivity contribution in [2.75, 3.05) is 26.2 Å². The normalized spacial score (nSPS) is 26.0. The molecular formula is C13H20N4O8S. The zero-order chi connectivity index (χ0) is 18.9. The number of nitrogens with one attached hydrogen (secondary N) is 1. The van der Waals surface area contributed by atoms with E-state index >= 15 is 0 Å². The summed E-state index contributed by atoms with van der Waals surface area (Å²) in [4.78, 5) is 43.8. The van der Waals surface area contributed by atoms with Crippen LogP contribution < -0.4 is 5.48 Å². The second kappa shape index (κ2) is 7.34. The quantitative estimate of drug-likeness (QED) is 0.307. The molecule has 3 aliphatic heterocycles. The summed E-state index contributed by atoms with van der Waals surface area (Å²) >= 11 is 0. The average Bonchev–Trinajstić information content (AvgIpc) is 3.08. The molecule has 0 spiro atoms. The zero-order valence-corrected chi connectivity index (χ0v) is 14.7. The number of hydrogen-bond donors (Lipinski definition) is 2. The van der Waals surface area contributed by atoms with Crippen molar-refractivity contribution >= 4 is 28.2 Å². The van der Waals surface area contributed by atoms with Crippen molar-refractivity contribution in [3.05, 3.63) is 0 Å². The fourth-order valence-corrected chi connectivity index (χ4v) is 3.78. The van der Waals surface area contributed by atoms with Crippen LogP contribution in [-0.2, 0) is 29.1 Å². The van der Waals surface area contributed by atoms with Crippen molar-refractivity contribution in [1.82, 2.24) is 20.3 Å². The van der Waals surface area contributed by atoms with Crippen LogP contribution >= 0.6 is 0 Å². The van der Waals surface area contributed by atoms with Gasteiger partial charge in [-0.15, -0.1) is 4.28 Å². The molecule has 0 aromatic rings. The molecule has 2 bridgehead atoms. The largest absolute Gasteiger partial charge is 0.418 e. The standard InChI is InChI=1S/C13H20N4O8S/c18-11-2-1-5-15(11)6-7-24-14-12(19)10-4-3-9-8-16(10)13(20)17(9)25-26(21,22)23/h9-10H,1-8H2,(H,14,19)(H,21,22,23)/t9-,10+/m1/s1. The number of carbonyl (C=O) groups excluding carboxylic acids is 3. The minimum Gasteiger partial charge on any atom is -0.340 e. The third-order valence-electron chi connectivity index (χ3n) is 4.61. The molecule has 0 unspecified atom stereocenters. The zero-order valence-electron chi connectivity index (χ0n) is 13.9. The first-order valence-electron chi connectivity index (χ1n) is 8.22. The molecule has 0 aromatic carbocycles. The first-order chi connectivity index (χ1) is 12.3. The maximum absolute atomic E-state index is 12.2. The molecule has 0 radical (unpaired) electrons. The molecule has 0 aliphatic carbocycles. The summed E-state index contributed by atoms with van der Waals surface area (Å²) in [5, 5.41) is 0.572. The van der Waals surface area contributed by atoms with Crippen LogP contribution in [0.2, 0.25) is 0 Å². The summed E-state index contributed by atoms with van der Waals surface area (Å²) in [5.41, 5.74) is 2.26. The number of hydroxylamine groups is 3. The molecule has 3 rings (SSSR count). The highest BCUT2D eigenvalue weighted by Crippen LogP contribution is 2.30. The molecule has 0 saturated carbocycles. The smallest absolute Gasteiger partial charge is 0.340 e. The summed E-state index contributed by atoms with van der Waals surface area (Å²) in [5.74, 6) is -0.488. The maximum Gasteiger partial charge on any atom is 0.418 e. The van der Waals surface area contributed by atoms with Gasteiger partial charge in [-0.2, -0.15) is 13.5 Å². The van der Waals surface area contributed by atoms with Gasteiger partial charge in [-0.1, -0.05) is 0 Å². The summed E-state index contributed by atoms with van der Waals surface area (Å²) < 4.78 is 34.7. The number of hydrogen-bond acceptors (Lipinski definition) is 7. The Morgan fingerprint density at radius 2 is 2.08 bits per heavy atom. The van der Waals surface area contributed by atoms with Crippen molar-refractivity contribution in [2.45, 2.75) is 37.8 Å². The summed E-state index contributed by atoms with van der Waals surface area (Å²) in [6.45, 7) is 1.27. The lowest BCUT2D eigenvalue weighted by atomic mass is 10.0. The lowest BCUT2D eigenvalue weighted by Crippen LogP contribution is -2.50. The van der Waals surface area contributed by atoms with E-state index < -0.39 is 34.4 Å². The fraction of sp³-hybridized carbons (Fsp3) is 0.769. The second-order valence-corrected chi connectivity index (χ2v) is 7.31. The molecule has 3 aliphatic rings. The van der Waals surface area contributed by atoms with Crippen LogP contribution in [0.15, 0.2) is 0 Å². The first-order valence-corrected chi connectivity index (χ1v) is 9.59. The molecule has 13 heteroatoms. The highest BCUT2D eigenvalue weighted by molar-refractivity contribution is 7.80. The Bertz CT molecular complexity index is 698. The van der Waals surface area contributed by atoms with Crippen LogP contribution in [-0.4, -0.2) is 84.0 Å². The highest BCUT2D eigenvalue weighted by Gasteiger charge is 2.49. The predicted molar refractivity (Wildman–Crippen MR) is 83.3 cm³/mol. The van der Waals surface area contributed by atoms with E-state index in [0.29, 0.717) is 37.4 Å². The van der Waals surface area contributed by atoms with Crippen LogP contribution in [0.4, 0.5) is 4.79 Å². The Kier molecular flexibility index (Phi) is 5.32. The van der Waals surface area contributed by atoms with Gasteiger partial charge in [0.25, 0.3) is 5.91 Å². The van der Waals surface area contributed by atoms with Gasteiger partial charge in [0.2, 0.25) is 5.91 Å². The monoisotopic (exact) mass is 392 g/mol. The molecule has 12 nitrogen and oxygen atoms in total. The predicted octanol–water partition coefficient (Wildman–Crippen LogP) is -1.34. The summed E-state index contributed by atoms with van der Waals surface area (Å²) in [6.07, 6.45) is 1.96. The van der Waals surface area contributed by atoms with Gasteiger partial charge in [0.05, 0.1) is 12.6 Å². The Balaban J connectivity index is 1.48. The SMILES string of the molecule is O=C(NOCCN1CCCC1=O)[C@@H]1CC[C@@H]2CN1C(=O)N2OS(=O)(=O)O. The molecule has 0 aromatic heterocycles. The number of amides is 4. The van der Waals surface area contributed by atoms with E-state index in [0.717, 1.165) is 6.42 Å². The van der Waals surface area contributed by atoms with Crippen molar-refractivity contribution < 1.29 is 36.5 Å². The fourth-order valence-electron chi connectivity index (χ4n) is 3.39. The van der Waals surface area contributed by atoms with Crippen molar-refractivity contribution in [1.29, 1.82) is 0 Å². The van der Waals surface area contributed by atoms with Gasteiger partial charge in [0.1, 0.15) is 6.04 Å². The molecular weight excluding hydrogens is 372 g/mol. The third-order valence-corrected chi connectivity index (χ3v) is 4.96. The van der Waals surface area contributed by atoms with E-state index in [1.54, 1.807) is 4.90 Å². The Hall–Kier alpha value is -1.96. The molecule has 3 heterocycles. The number of carbonyl (C=O) groups is 3. The molecule has 26 heavy (non-hydrogen) atoms. The third kappa shape index (κ3) is 4.06. The molecule has 2 N–H and O–H groups in total. The average molecular weight is 392 g/mol. The summed E-state index contributed by atoms with van der Waals surface area (Å²) in [6, 6.07) is -2.20. The van der Waals surface area contributed by atoms with E-state index in [1.807, 2.05) is 0 Å².